The first kappa shape index (κ1) is 6.89. The first-order valence-corrected chi connectivity index (χ1v) is 3.96. The van der Waals surface area contributed by atoms with Crippen LogP contribution >= 0.6 is 11.8 Å². The molecule has 52 valence electrons. The van der Waals surface area contributed by atoms with E-state index in [1.807, 2.05) is 0 Å². The van der Waals surface area contributed by atoms with Crippen LogP contribution in [-0.2, 0) is 0 Å². The van der Waals surface area contributed by atoms with E-state index in [-0.39, 0.29) is 4.48 Å². The third-order valence-electron chi connectivity index (χ3n) is 1.57. The van der Waals surface area contributed by atoms with Crippen molar-refractivity contribution in [3.05, 3.63) is 0 Å². The number of hydrogen-bond acceptors (Lipinski definition) is 2. The summed E-state index contributed by atoms with van der Waals surface area (Å²) in [6.45, 7) is 0.764. The average molecular weight is 148 g/mol. The fourth-order valence-corrected chi connectivity index (χ4v) is 2.05. The molecule has 0 radical (unpaired) electrons. The average Bonchev–Trinajstić information content (AvgIpc) is 2.16. The maximum Gasteiger partial charge on any atom is 0.514 e. The Morgan fingerprint density at radius 1 is 1.78 bits per heavy atom. The van der Waals surface area contributed by atoms with Crippen molar-refractivity contribution in [2.24, 2.45) is 0 Å². The Hall–Kier alpha value is -0.220. The molecule has 0 spiro atoms. The van der Waals surface area contributed by atoms with Crippen molar-refractivity contribution in [3.8, 4) is 0 Å². The highest BCUT2D eigenvalue weighted by molar-refractivity contribution is 7.99. The van der Waals surface area contributed by atoms with Crippen LogP contribution in [0.3, 0.4) is 0 Å². The minimum Gasteiger partial charge on any atom is -0.435 e. The van der Waals surface area contributed by atoms with E-state index in [9.17, 15) is 4.79 Å². The summed E-state index contributed by atoms with van der Waals surface area (Å²) in [5.41, 5.74) is 0. The molecule has 0 aromatic carbocycles. The third kappa shape index (κ3) is 1.19. The van der Waals surface area contributed by atoms with Crippen molar-refractivity contribution < 1.29 is 14.4 Å². The second-order valence-electron chi connectivity index (χ2n) is 2.44. The summed E-state index contributed by atoms with van der Waals surface area (Å²) in [7, 11) is 1.75. The van der Waals surface area contributed by atoms with Crippen molar-refractivity contribution in [2.75, 3.05) is 25.2 Å². The summed E-state index contributed by atoms with van der Waals surface area (Å²) in [5.74, 6) is 1.69. The Morgan fingerprint density at radius 3 is 2.67 bits per heavy atom. The molecule has 1 aliphatic rings. The van der Waals surface area contributed by atoms with Crippen molar-refractivity contribution in [1.82, 2.24) is 0 Å². The fraction of sp³-hybridized carbons (Fsp3) is 0.800. The highest BCUT2D eigenvalue weighted by Gasteiger charge is 2.35. The van der Waals surface area contributed by atoms with E-state index in [1.165, 1.54) is 0 Å². The topological polar surface area (TPSA) is 37.3 Å². The van der Waals surface area contributed by atoms with Crippen molar-refractivity contribution in [2.45, 2.75) is 0 Å². The van der Waals surface area contributed by atoms with Gasteiger partial charge in [0.15, 0.2) is 0 Å². The lowest BCUT2D eigenvalue weighted by molar-refractivity contribution is -0.816. The van der Waals surface area contributed by atoms with Crippen LogP contribution in [0.5, 0.6) is 0 Å². The molecular formula is C5H10NO2S+. The fourth-order valence-electron chi connectivity index (χ4n) is 0.747. The summed E-state index contributed by atoms with van der Waals surface area (Å²) in [5, 5.41) is 8.63. The SMILES string of the molecule is C[N+]1(C(=O)O)CCSC1. The molecule has 1 rings (SSSR count). The molecule has 1 amide bonds. The molecule has 0 aromatic rings. The molecule has 9 heavy (non-hydrogen) atoms. The van der Waals surface area contributed by atoms with E-state index in [0.29, 0.717) is 0 Å². The smallest absolute Gasteiger partial charge is 0.435 e. The Balaban J connectivity index is 2.61. The van der Waals surface area contributed by atoms with Crippen molar-refractivity contribution in [3.63, 3.8) is 0 Å². The third-order valence-corrected chi connectivity index (χ3v) is 2.79. The summed E-state index contributed by atoms with van der Waals surface area (Å²) in [4.78, 5) is 10.5. The molecule has 1 heterocycles. The number of carbonyl (C=O) groups is 1. The van der Waals surface area contributed by atoms with Gasteiger partial charge in [-0.2, -0.15) is 4.79 Å². The van der Waals surface area contributed by atoms with Crippen LogP contribution in [0.4, 0.5) is 4.79 Å². The van der Waals surface area contributed by atoms with Gasteiger partial charge in [-0.1, -0.05) is 11.8 Å². The van der Waals surface area contributed by atoms with Gasteiger partial charge < -0.3 is 5.11 Å². The predicted octanol–water partition coefficient (Wildman–Crippen LogP) is 0.815. The lowest BCUT2D eigenvalue weighted by Crippen LogP contribution is -2.45. The number of amides is 1. The minimum absolute atomic E-state index is 0.185. The van der Waals surface area contributed by atoms with Gasteiger partial charge in [-0.05, 0) is 0 Å². The zero-order valence-corrected chi connectivity index (χ0v) is 6.15. The van der Waals surface area contributed by atoms with Gasteiger partial charge in [0.25, 0.3) is 0 Å². The summed E-state index contributed by atoms with van der Waals surface area (Å²) in [6.07, 6.45) is -0.708. The maximum atomic E-state index is 10.5. The quantitative estimate of drug-likeness (QED) is 0.517. The minimum atomic E-state index is -0.708. The molecule has 1 unspecified atom stereocenters. The number of rotatable bonds is 0. The molecule has 4 heteroatoms. The lowest BCUT2D eigenvalue weighted by Gasteiger charge is -2.19. The highest BCUT2D eigenvalue weighted by atomic mass is 32.2. The first-order valence-electron chi connectivity index (χ1n) is 2.81. The number of hydrogen-bond donors (Lipinski definition) is 1. The van der Waals surface area contributed by atoms with Crippen molar-refractivity contribution in [1.29, 1.82) is 0 Å². The van der Waals surface area contributed by atoms with E-state index in [1.54, 1.807) is 18.8 Å². The summed E-state index contributed by atoms with van der Waals surface area (Å²) < 4.78 is 0.185. The van der Waals surface area contributed by atoms with Gasteiger partial charge in [-0.15, -0.1) is 0 Å². The van der Waals surface area contributed by atoms with Gasteiger partial charge in [-0.3, -0.25) is 0 Å². The van der Waals surface area contributed by atoms with Crippen LogP contribution in [-0.4, -0.2) is 40.9 Å². The molecule has 3 nitrogen and oxygen atoms in total. The molecule has 1 fully saturated rings. The number of nitrogens with zero attached hydrogens (tertiary/aromatic N) is 1. The maximum absolute atomic E-state index is 10.5. The second-order valence-corrected chi connectivity index (χ2v) is 3.51. The second kappa shape index (κ2) is 2.19. The molecule has 1 aliphatic heterocycles. The molecule has 0 aromatic heterocycles. The van der Waals surface area contributed by atoms with Gasteiger partial charge in [-0.25, -0.2) is 4.48 Å². The van der Waals surface area contributed by atoms with Crippen LogP contribution in [0.1, 0.15) is 0 Å². The Kier molecular flexibility index (Phi) is 1.68. The summed E-state index contributed by atoms with van der Waals surface area (Å²) >= 11 is 1.70. The Labute approximate surface area is 58.2 Å². The first-order chi connectivity index (χ1) is 4.15. The van der Waals surface area contributed by atoms with Crippen LogP contribution in [0.15, 0.2) is 0 Å². The number of thioether (sulfide) groups is 1. The lowest BCUT2D eigenvalue weighted by atomic mass is 10.5. The standard InChI is InChI=1S/C5H9NO2S/c1-6(5(7)8)2-3-9-4-6/h2-4H2,1H3/p+1. The molecule has 0 bridgehead atoms. The van der Waals surface area contributed by atoms with E-state index < -0.39 is 6.09 Å². The van der Waals surface area contributed by atoms with E-state index in [0.717, 1.165) is 18.2 Å². The predicted molar refractivity (Wildman–Crippen MR) is 36.4 cm³/mol. The van der Waals surface area contributed by atoms with Gasteiger partial charge in [0.05, 0.1) is 13.6 Å². The Bertz CT molecular complexity index is 131. The van der Waals surface area contributed by atoms with E-state index in [4.69, 9.17) is 5.11 Å². The van der Waals surface area contributed by atoms with Gasteiger partial charge in [0.1, 0.15) is 5.88 Å². The van der Waals surface area contributed by atoms with Gasteiger partial charge in [0, 0.05) is 5.75 Å². The zero-order valence-electron chi connectivity index (χ0n) is 5.33. The van der Waals surface area contributed by atoms with Gasteiger partial charge >= 0.3 is 6.09 Å². The van der Waals surface area contributed by atoms with Crippen LogP contribution in [0.25, 0.3) is 0 Å². The van der Waals surface area contributed by atoms with Crippen molar-refractivity contribution >= 4 is 17.9 Å². The zero-order chi connectivity index (χ0) is 6.91. The molecule has 1 saturated heterocycles. The highest BCUT2D eigenvalue weighted by Crippen LogP contribution is 2.20. The monoisotopic (exact) mass is 148 g/mol. The number of carboxylic acid groups (broad SMARTS) is 1. The molecule has 0 aliphatic carbocycles. The van der Waals surface area contributed by atoms with Gasteiger partial charge in [0.2, 0.25) is 0 Å². The summed E-state index contributed by atoms with van der Waals surface area (Å²) in [6, 6.07) is 0. The largest absolute Gasteiger partial charge is 0.514 e. The molecule has 1 atom stereocenters. The molecular weight excluding hydrogens is 138 g/mol. The van der Waals surface area contributed by atoms with Crippen LogP contribution in [0.2, 0.25) is 0 Å². The number of quaternary nitrogens is 1. The van der Waals surface area contributed by atoms with Crippen LogP contribution < -0.4 is 0 Å². The van der Waals surface area contributed by atoms with E-state index >= 15 is 0 Å². The molecule has 1 N–H and O–H groups in total. The van der Waals surface area contributed by atoms with E-state index in [2.05, 4.69) is 0 Å². The molecule has 0 saturated carbocycles. The van der Waals surface area contributed by atoms with Crippen LogP contribution in [0, 0.1) is 0 Å². The Morgan fingerprint density at radius 2 is 2.44 bits per heavy atom. The normalized spacial score (nSPS) is 34.8.